The number of fused-ring (bicyclic) bond motifs is 10. The molecule has 0 radical (unpaired) electrons. The third-order valence-electron chi connectivity index (χ3n) is 12.7. The largest absolute Gasteiger partial charge is 0.310 e. The van der Waals surface area contributed by atoms with Crippen LogP contribution in [0.2, 0.25) is 0 Å². The van der Waals surface area contributed by atoms with Gasteiger partial charge in [-0.15, -0.1) is 0 Å². The lowest BCUT2D eigenvalue weighted by molar-refractivity contribution is 0.563. The molecule has 0 amide bonds. The zero-order chi connectivity index (χ0) is 38.1. The molecule has 0 saturated carbocycles. The summed E-state index contributed by atoms with van der Waals surface area (Å²) in [5, 5.41) is 2.43. The van der Waals surface area contributed by atoms with Crippen molar-refractivity contribution in [2.75, 3.05) is 4.90 Å². The maximum Gasteiger partial charge on any atom is 0.0719 e. The lowest BCUT2D eigenvalue weighted by Gasteiger charge is -2.46. The van der Waals surface area contributed by atoms with Gasteiger partial charge in [0.2, 0.25) is 0 Å². The molecule has 0 bridgehead atoms. The molecule has 0 aromatic heterocycles. The predicted molar refractivity (Wildman–Crippen MR) is 239 cm³/mol. The van der Waals surface area contributed by atoms with Crippen molar-refractivity contribution in [2.24, 2.45) is 0 Å². The van der Waals surface area contributed by atoms with Crippen molar-refractivity contribution in [1.29, 1.82) is 0 Å². The van der Waals surface area contributed by atoms with Crippen LogP contribution in [0, 0.1) is 0 Å². The first-order valence-corrected chi connectivity index (χ1v) is 20.0. The Morgan fingerprint density at radius 3 is 1.53 bits per heavy atom. The van der Waals surface area contributed by atoms with Crippen molar-refractivity contribution >= 4 is 27.8 Å². The van der Waals surface area contributed by atoms with Crippen molar-refractivity contribution in [3.8, 4) is 33.4 Å². The highest BCUT2D eigenvalue weighted by molar-refractivity contribution is 5.99. The van der Waals surface area contributed by atoms with E-state index in [-0.39, 0.29) is 5.41 Å². The highest BCUT2D eigenvalue weighted by Crippen LogP contribution is 2.62. The van der Waals surface area contributed by atoms with Crippen LogP contribution in [-0.2, 0) is 10.8 Å². The molecule has 57 heavy (non-hydrogen) atoms. The van der Waals surface area contributed by atoms with Gasteiger partial charge in [-0.25, -0.2) is 0 Å². The van der Waals surface area contributed by atoms with Crippen LogP contribution in [0.1, 0.15) is 47.2 Å². The van der Waals surface area contributed by atoms with Gasteiger partial charge in [0.15, 0.2) is 0 Å². The van der Waals surface area contributed by atoms with Gasteiger partial charge in [0.1, 0.15) is 0 Å². The van der Waals surface area contributed by atoms with Gasteiger partial charge in [0.05, 0.1) is 11.1 Å². The van der Waals surface area contributed by atoms with Gasteiger partial charge in [-0.3, -0.25) is 0 Å². The van der Waals surface area contributed by atoms with Gasteiger partial charge in [-0.05, 0) is 109 Å². The summed E-state index contributed by atoms with van der Waals surface area (Å²) in [7, 11) is 0. The van der Waals surface area contributed by atoms with Crippen LogP contribution in [0.3, 0.4) is 0 Å². The zero-order valence-electron chi connectivity index (χ0n) is 32.2. The normalized spacial score (nSPS) is 14.1. The van der Waals surface area contributed by atoms with Gasteiger partial charge in [-0.1, -0.05) is 190 Å². The fraction of sp³-hybridized carbons (Fsp3) is 0.0714. The van der Waals surface area contributed by atoms with Gasteiger partial charge >= 0.3 is 0 Å². The molecule has 0 saturated heterocycles. The molecule has 1 nitrogen and oxygen atoms in total. The van der Waals surface area contributed by atoms with Gasteiger partial charge < -0.3 is 4.90 Å². The quantitative estimate of drug-likeness (QED) is 0.171. The summed E-state index contributed by atoms with van der Waals surface area (Å²) in [6.45, 7) is 4.82. The summed E-state index contributed by atoms with van der Waals surface area (Å²) in [4.78, 5) is 2.43. The number of nitrogens with zero attached hydrogens (tertiary/aromatic N) is 1. The monoisotopic (exact) mass is 727 g/mol. The standard InChI is InChI=1S/C56H41N/c1-55(2)50-30-12-13-31-51(50)56(48-28-10-8-26-46(48)47-27-9-11-29-49(47)56)52-34-33-42(37-53(52)55)41-22-15-24-44(36-41)57(54-32-16-20-39-19-6-7-25-45(39)54)43-23-14-21-40(35-43)38-17-4-3-5-18-38/h3-37H,1-2H3. The topological polar surface area (TPSA) is 3.24 Å². The summed E-state index contributed by atoms with van der Waals surface area (Å²) in [5.41, 5.74) is 18.5. The molecule has 0 atom stereocenters. The lowest BCUT2D eigenvalue weighted by atomic mass is 9.55. The van der Waals surface area contributed by atoms with Crippen molar-refractivity contribution in [2.45, 2.75) is 24.7 Å². The fourth-order valence-electron chi connectivity index (χ4n) is 10.1. The molecule has 9 aromatic carbocycles. The van der Waals surface area contributed by atoms with Gasteiger partial charge in [-0.2, -0.15) is 0 Å². The van der Waals surface area contributed by atoms with Crippen molar-refractivity contribution < 1.29 is 0 Å². The molecular weight excluding hydrogens is 687 g/mol. The van der Waals surface area contributed by atoms with E-state index in [9.17, 15) is 0 Å². The Labute approximate surface area is 335 Å². The van der Waals surface area contributed by atoms with Crippen LogP contribution >= 0.6 is 0 Å². The minimum Gasteiger partial charge on any atom is -0.310 e. The first-order chi connectivity index (χ1) is 28.0. The maximum absolute atomic E-state index is 2.49. The molecule has 0 N–H and O–H groups in total. The SMILES string of the molecule is CC1(C)c2ccccc2C2(c3ccccc3-c3ccccc32)c2ccc(-c3cccc(N(c4cccc(-c5ccccc5)c4)c4cccc5ccccc45)c3)cc21. The van der Waals surface area contributed by atoms with Crippen LogP contribution < -0.4 is 4.90 Å². The number of hydrogen-bond donors (Lipinski definition) is 0. The Bertz CT molecular complexity index is 2960. The van der Waals surface area contributed by atoms with E-state index in [4.69, 9.17) is 0 Å². The number of benzene rings is 9. The van der Waals surface area contributed by atoms with E-state index in [1.54, 1.807) is 0 Å². The maximum atomic E-state index is 2.49. The second-order valence-corrected chi connectivity index (χ2v) is 16.1. The lowest BCUT2D eigenvalue weighted by Crippen LogP contribution is -2.40. The second kappa shape index (κ2) is 12.8. The smallest absolute Gasteiger partial charge is 0.0719 e. The minimum absolute atomic E-state index is 0.218. The van der Waals surface area contributed by atoms with E-state index in [1.807, 2.05) is 0 Å². The second-order valence-electron chi connectivity index (χ2n) is 16.1. The highest BCUT2D eigenvalue weighted by atomic mass is 15.1. The molecule has 11 rings (SSSR count). The average molecular weight is 728 g/mol. The molecule has 270 valence electrons. The van der Waals surface area contributed by atoms with E-state index in [0.717, 1.165) is 17.1 Å². The molecule has 0 unspecified atom stereocenters. The van der Waals surface area contributed by atoms with Crippen molar-refractivity contribution in [1.82, 2.24) is 0 Å². The molecule has 0 aliphatic heterocycles. The summed E-state index contributed by atoms with van der Waals surface area (Å²) in [6, 6.07) is 78.7. The summed E-state index contributed by atoms with van der Waals surface area (Å²) >= 11 is 0. The Kier molecular flexibility index (Phi) is 7.50. The van der Waals surface area contributed by atoms with Crippen molar-refractivity contribution in [3.05, 3.63) is 246 Å². The highest BCUT2D eigenvalue weighted by Gasteiger charge is 2.53. The number of hydrogen-bond acceptors (Lipinski definition) is 1. The first kappa shape index (κ1) is 33.4. The fourth-order valence-corrected chi connectivity index (χ4v) is 10.1. The summed E-state index contributed by atoms with van der Waals surface area (Å²) in [5.74, 6) is 0. The predicted octanol–water partition coefficient (Wildman–Crippen LogP) is 14.6. The average Bonchev–Trinajstić information content (AvgIpc) is 3.57. The zero-order valence-corrected chi connectivity index (χ0v) is 32.2. The molecule has 9 aromatic rings. The molecule has 1 spiro atoms. The first-order valence-electron chi connectivity index (χ1n) is 20.0. The van der Waals surface area contributed by atoms with E-state index in [0.29, 0.717) is 0 Å². The van der Waals surface area contributed by atoms with E-state index in [2.05, 4.69) is 231 Å². The molecule has 2 aliphatic rings. The van der Waals surface area contributed by atoms with Gasteiger partial charge in [0.25, 0.3) is 0 Å². The molecule has 0 heterocycles. The summed E-state index contributed by atoms with van der Waals surface area (Å²) < 4.78 is 0. The molecular formula is C56H41N. The Morgan fingerprint density at radius 2 is 0.825 bits per heavy atom. The van der Waals surface area contributed by atoms with Crippen molar-refractivity contribution in [3.63, 3.8) is 0 Å². The van der Waals surface area contributed by atoms with E-state index in [1.165, 1.54) is 77.5 Å². The Morgan fingerprint density at radius 1 is 0.333 bits per heavy atom. The van der Waals surface area contributed by atoms with Gasteiger partial charge in [0, 0.05) is 22.2 Å². The molecule has 0 fully saturated rings. The van der Waals surface area contributed by atoms with E-state index < -0.39 is 5.41 Å². The third-order valence-corrected chi connectivity index (χ3v) is 12.7. The Balaban J connectivity index is 1.11. The van der Waals surface area contributed by atoms with Crippen LogP contribution in [0.25, 0.3) is 44.2 Å². The Hall–Kier alpha value is -6.96. The minimum atomic E-state index is -0.399. The number of anilines is 3. The van der Waals surface area contributed by atoms with Crippen LogP contribution in [-0.4, -0.2) is 0 Å². The summed E-state index contributed by atoms with van der Waals surface area (Å²) in [6.07, 6.45) is 0. The van der Waals surface area contributed by atoms with Crippen LogP contribution in [0.4, 0.5) is 17.1 Å². The number of rotatable bonds is 5. The third kappa shape index (κ3) is 4.95. The molecule has 2 aliphatic carbocycles. The van der Waals surface area contributed by atoms with Crippen LogP contribution in [0.5, 0.6) is 0 Å². The van der Waals surface area contributed by atoms with Crippen LogP contribution in [0.15, 0.2) is 212 Å². The molecule has 1 heteroatoms. The van der Waals surface area contributed by atoms with E-state index >= 15 is 0 Å².